The van der Waals surface area contributed by atoms with Crippen LogP contribution in [0.15, 0.2) is 90.0 Å². The van der Waals surface area contributed by atoms with Gasteiger partial charge in [0.05, 0.1) is 29.9 Å². The number of rotatable bonds is 8. The molecule has 5 aliphatic rings. The molecule has 0 amide bonds. The van der Waals surface area contributed by atoms with Crippen LogP contribution in [0, 0.1) is 16.7 Å². The summed E-state index contributed by atoms with van der Waals surface area (Å²) in [6, 6.07) is 23.7. The second-order valence-electron chi connectivity index (χ2n) is 17.7. The molecule has 0 spiro atoms. The molecular formula is C48H50O13. The smallest absolute Gasteiger partial charge is 0.338 e. The van der Waals surface area contributed by atoms with Crippen LogP contribution in [0.25, 0.3) is 11.1 Å². The number of carbonyl (C=O) groups is 6. The average Bonchev–Trinajstić information content (AvgIpc) is 3.51. The molecule has 1 aliphatic heterocycles. The van der Waals surface area contributed by atoms with E-state index in [9.17, 15) is 29.1 Å². The van der Waals surface area contributed by atoms with Crippen LogP contribution in [0.2, 0.25) is 0 Å². The normalized spacial score (nSPS) is 32.0. The maximum atomic E-state index is 16.0. The zero-order valence-electron chi connectivity index (χ0n) is 35.2. The molecule has 1 saturated heterocycles. The SMILES string of the molecule is CC(=O)O[C@H]1C(=O)[C@]2(C)[C@@H](OC(=O)CC3c4ccccc4-c4ccccc43)C[C@H]3OC[C@@]3(OC(C)=O)[C@H]2[C@H](OC(=O)c2ccccc2)[C@]2(O)C[C@H](OC(C)=O)C(C)=C1C2(C)C. The molecule has 0 unspecified atom stereocenters. The van der Waals surface area contributed by atoms with Crippen molar-refractivity contribution in [2.45, 2.75) is 115 Å². The zero-order valence-corrected chi connectivity index (χ0v) is 35.2. The van der Waals surface area contributed by atoms with E-state index in [0.29, 0.717) is 5.57 Å². The Morgan fingerprint density at radius 3 is 1.92 bits per heavy atom. The second-order valence-corrected chi connectivity index (χ2v) is 17.7. The Labute approximate surface area is 353 Å². The first-order chi connectivity index (χ1) is 28.8. The molecule has 2 saturated carbocycles. The highest BCUT2D eigenvalue weighted by Gasteiger charge is 2.79. The monoisotopic (exact) mass is 834 g/mol. The number of Topliss-reactive ketones (excluding diaryl/α,β-unsaturated/α-hetero) is 1. The molecule has 0 aromatic heterocycles. The predicted molar refractivity (Wildman–Crippen MR) is 216 cm³/mol. The summed E-state index contributed by atoms with van der Waals surface area (Å²) in [5.74, 6) is -6.42. The Morgan fingerprint density at radius 2 is 1.36 bits per heavy atom. The fourth-order valence-corrected chi connectivity index (χ4v) is 11.2. The van der Waals surface area contributed by atoms with Crippen molar-refractivity contribution < 1.29 is 62.3 Å². The summed E-state index contributed by atoms with van der Waals surface area (Å²) >= 11 is 0. The predicted octanol–water partition coefficient (Wildman–Crippen LogP) is 5.98. The van der Waals surface area contributed by atoms with E-state index >= 15 is 4.79 Å². The van der Waals surface area contributed by atoms with Gasteiger partial charge in [-0.05, 0) is 59.4 Å². The largest absolute Gasteiger partial charge is 0.461 e. The minimum atomic E-state index is -2.24. The van der Waals surface area contributed by atoms with E-state index in [1.165, 1.54) is 32.9 Å². The first-order valence-electron chi connectivity index (χ1n) is 20.6. The van der Waals surface area contributed by atoms with Crippen LogP contribution in [0.1, 0.15) is 95.1 Å². The van der Waals surface area contributed by atoms with Gasteiger partial charge in [-0.15, -0.1) is 0 Å². The van der Waals surface area contributed by atoms with Gasteiger partial charge in [-0.2, -0.15) is 0 Å². The van der Waals surface area contributed by atoms with Crippen LogP contribution in [0.5, 0.6) is 0 Å². The molecule has 1 heterocycles. The van der Waals surface area contributed by atoms with Crippen molar-refractivity contribution in [2.75, 3.05) is 6.61 Å². The van der Waals surface area contributed by atoms with Crippen molar-refractivity contribution in [3.8, 4) is 11.1 Å². The molecule has 8 rings (SSSR count). The number of esters is 5. The number of carbonyl (C=O) groups excluding carboxylic acids is 6. The lowest BCUT2D eigenvalue weighted by Gasteiger charge is -2.67. The fraction of sp³-hybridized carbons (Fsp3) is 0.458. The van der Waals surface area contributed by atoms with Crippen LogP contribution in [0.4, 0.5) is 0 Å². The molecule has 61 heavy (non-hydrogen) atoms. The number of fused-ring (bicyclic) bond motifs is 8. The molecule has 13 nitrogen and oxygen atoms in total. The highest BCUT2D eigenvalue weighted by molar-refractivity contribution is 5.96. The van der Waals surface area contributed by atoms with Gasteiger partial charge in [-0.1, -0.05) is 80.6 Å². The van der Waals surface area contributed by atoms with Crippen molar-refractivity contribution in [1.29, 1.82) is 0 Å². The molecule has 320 valence electrons. The van der Waals surface area contributed by atoms with Gasteiger partial charge in [0.25, 0.3) is 0 Å². The number of hydrogen-bond donors (Lipinski definition) is 1. The number of benzene rings is 3. The molecule has 4 aliphatic carbocycles. The Bertz CT molecular complexity index is 2320. The number of ketones is 1. The van der Waals surface area contributed by atoms with E-state index in [1.807, 2.05) is 48.5 Å². The van der Waals surface area contributed by atoms with E-state index in [4.69, 9.17) is 28.4 Å². The van der Waals surface area contributed by atoms with Crippen molar-refractivity contribution in [3.05, 3.63) is 107 Å². The van der Waals surface area contributed by atoms with E-state index in [-0.39, 0.29) is 42.9 Å². The standard InChI is InChI=1S/C48H50O13/c1-25-35(57-26(2)49)23-48(55)43(60-44(54)29-15-9-8-10-16-29)41-46(7,42(53)40(58-27(3)50)39(25)45(48,5)6)36(22-37-47(41,24-56-37)61-28(4)51)59-38(52)21-34-32-19-13-11-17-30(32)31-18-12-14-20-33(31)34/h8-20,34-37,40-41,43,55H,21-24H2,1-7H3/t35-,36-,37+,40+,41-,43-,46+,47-,48+/m0/s1. The maximum absolute atomic E-state index is 16.0. The lowest BCUT2D eigenvalue weighted by Crippen LogP contribution is -2.82. The van der Waals surface area contributed by atoms with Gasteiger partial charge in [-0.25, -0.2) is 4.79 Å². The first kappa shape index (κ1) is 42.0. The quantitative estimate of drug-likeness (QED) is 0.160. The van der Waals surface area contributed by atoms with Crippen LogP contribution < -0.4 is 0 Å². The summed E-state index contributed by atoms with van der Waals surface area (Å²) in [4.78, 5) is 83.9. The highest BCUT2D eigenvalue weighted by Crippen LogP contribution is 2.65. The minimum Gasteiger partial charge on any atom is -0.461 e. The van der Waals surface area contributed by atoms with Gasteiger partial charge in [0.2, 0.25) is 0 Å². The molecule has 3 aromatic carbocycles. The Kier molecular flexibility index (Phi) is 10.4. The summed E-state index contributed by atoms with van der Waals surface area (Å²) in [5, 5.41) is 13.7. The fourth-order valence-electron chi connectivity index (χ4n) is 11.2. The van der Waals surface area contributed by atoms with Gasteiger partial charge < -0.3 is 33.5 Å². The molecule has 13 heteroatoms. The van der Waals surface area contributed by atoms with Crippen molar-refractivity contribution in [2.24, 2.45) is 16.7 Å². The van der Waals surface area contributed by atoms with E-state index in [1.54, 1.807) is 39.0 Å². The third-order valence-electron chi connectivity index (χ3n) is 14.1. The molecular weight excluding hydrogens is 785 g/mol. The maximum Gasteiger partial charge on any atom is 0.338 e. The summed E-state index contributed by atoms with van der Waals surface area (Å²) in [5.41, 5.74) is -3.07. The Morgan fingerprint density at radius 1 is 0.770 bits per heavy atom. The highest BCUT2D eigenvalue weighted by atomic mass is 16.6. The van der Waals surface area contributed by atoms with Crippen LogP contribution >= 0.6 is 0 Å². The van der Waals surface area contributed by atoms with Gasteiger partial charge in [0, 0.05) is 44.9 Å². The van der Waals surface area contributed by atoms with E-state index < -0.39 is 94.1 Å². The lowest BCUT2D eigenvalue weighted by atomic mass is 9.44. The summed E-state index contributed by atoms with van der Waals surface area (Å²) in [6.45, 7) is 9.69. The molecule has 3 fully saturated rings. The topological polar surface area (TPSA) is 178 Å². The molecule has 3 aromatic rings. The number of hydrogen-bond acceptors (Lipinski definition) is 13. The third-order valence-corrected chi connectivity index (χ3v) is 14.1. The van der Waals surface area contributed by atoms with Gasteiger partial charge in [0.1, 0.15) is 30.0 Å². The van der Waals surface area contributed by atoms with Gasteiger partial charge in [-0.3, -0.25) is 24.0 Å². The molecule has 9 atom stereocenters. The average molecular weight is 835 g/mol. The molecule has 0 radical (unpaired) electrons. The summed E-state index contributed by atoms with van der Waals surface area (Å²) < 4.78 is 37.1. The number of aliphatic hydroxyl groups is 1. The Balaban J connectivity index is 1.33. The lowest BCUT2D eigenvalue weighted by molar-refractivity contribution is -0.346. The molecule has 2 bridgehead atoms. The third kappa shape index (κ3) is 6.50. The van der Waals surface area contributed by atoms with Crippen molar-refractivity contribution in [1.82, 2.24) is 0 Å². The van der Waals surface area contributed by atoms with Crippen molar-refractivity contribution >= 4 is 35.6 Å². The summed E-state index contributed by atoms with van der Waals surface area (Å²) in [7, 11) is 0. The van der Waals surface area contributed by atoms with Crippen molar-refractivity contribution in [3.63, 3.8) is 0 Å². The van der Waals surface area contributed by atoms with Gasteiger partial charge in [0.15, 0.2) is 17.5 Å². The molecule has 1 N–H and O–H groups in total. The Hall–Kier alpha value is -5.66. The van der Waals surface area contributed by atoms with E-state index in [0.717, 1.165) is 29.2 Å². The first-order valence-corrected chi connectivity index (χ1v) is 20.6. The van der Waals surface area contributed by atoms with Gasteiger partial charge >= 0.3 is 29.8 Å². The zero-order chi connectivity index (χ0) is 43.8. The summed E-state index contributed by atoms with van der Waals surface area (Å²) in [6.07, 6.45) is -7.59. The van der Waals surface area contributed by atoms with Crippen LogP contribution in [0.3, 0.4) is 0 Å². The van der Waals surface area contributed by atoms with Crippen LogP contribution in [-0.4, -0.2) is 89.1 Å². The second kappa shape index (κ2) is 15.1. The van der Waals surface area contributed by atoms with Crippen LogP contribution in [-0.2, 0) is 52.4 Å². The van der Waals surface area contributed by atoms with E-state index in [2.05, 4.69) is 0 Å². The number of ether oxygens (including phenoxy) is 6. The minimum absolute atomic E-state index is 0.106.